The van der Waals surface area contributed by atoms with Crippen molar-refractivity contribution in [3.8, 4) is 0 Å². The molecule has 1 aromatic heterocycles. The Morgan fingerprint density at radius 3 is 2.75 bits per heavy atom. The maximum absolute atomic E-state index is 12.7. The fourth-order valence-corrected chi connectivity index (χ4v) is 1.11. The van der Waals surface area contributed by atoms with Gasteiger partial charge in [0.25, 0.3) is 5.91 Å². The molecule has 5 nitrogen and oxygen atoms in total. The van der Waals surface area contributed by atoms with E-state index in [9.17, 15) is 14.0 Å². The molecule has 0 saturated heterocycles. The highest BCUT2D eigenvalue weighted by Gasteiger charge is 2.19. The summed E-state index contributed by atoms with van der Waals surface area (Å²) in [5.41, 5.74) is -0.139. The minimum absolute atomic E-state index is 0.139. The number of aromatic nitrogens is 1. The quantitative estimate of drug-likeness (QED) is 0.745. The second kappa shape index (κ2) is 5.20. The van der Waals surface area contributed by atoms with Crippen molar-refractivity contribution < 1.29 is 19.1 Å². The highest BCUT2D eigenvalue weighted by atomic mass is 19.1. The lowest BCUT2D eigenvalue weighted by Crippen LogP contribution is -2.40. The van der Waals surface area contributed by atoms with Gasteiger partial charge in [-0.15, -0.1) is 0 Å². The molecule has 1 atom stereocenters. The SMILES string of the molecule is CC[C@H](NC(=O)c1cccc(F)n1)C(=O)O. The Morgan fingerprint density at radius 2 is 2.25 bits per heavy atom. The van der Waals surface area contributed by atoms with Crippen molar-refractivity contribution in [1.82, 2.24) is 10.3 Å². The number of amides is 1. The zero-order valence-electron chi connectivity index (χ0n) is 8.61. The second-order valence-corrected chi connectivity index (χ2v) is 3.12. The molecule has 0 spiro atoms. The van der Waals surface area contributed by atoms with Crippen LogP contribution in [-0.2, 0) is 4.79 Å². The van der Waals surface area contributed by atoms with Crippen LogP contribution in [0.4, 0.5) is 4.39 Å². The summed E-state index contributed by atoms with van der Waals surface area (Å²) in [6.45, 7) is 1.62. The van der Waals surface area contributed by atoms with Gasteiger partial charge in [0.15, 0.2) is 0 Å². The molecule has 0 bridgehead atoms. The van der Waals surface area contributed by atoms with Crippen molar-refractivity contribution in [3.05, 3.63) is 29.8 Å². The van der Waals surface area contributed by atoms with Crippen LogP contribution in [0.5, 0.6) is 0 Å². The first-order valence-corrected chi connectivity index (χ1v) is 4.70. The van der Waals surface area contributed by atoms with Crippen LogP contribution in [0.2, 0.25) is 0 Å². The standard InChI is InChI=1S/C10H11FN2O3/c1-2-6(10(15)16)13-9(14)7-4-3-5-8(11)12-7/h3-6H,2H2,1H3,(H,13,14)(H,15,16)/t6-/m0/s1. The van der Waals surface area contributed by atoms with Gasteiger partial charge >= 0.3 is 5.97 Å². The van der Waals surface area contributed by atoms with Crippen LogP contribution in [0.15, 0.2) is 18.2 Å². The van der Waals surface area contributed by atoms with Gasteiger partial charge in [-0.3, -0.25) is 4.79 Å². The largest absolute Gasteiger partial charge is 0.480 e. The van der Waals surface area contributed by atoms with Gasteiger partial charge in [0.05, 0.1) is 0 Å². The zero-order chi connectivity index (χ0) is 12.1. The van der Waals surface area contributed by atoms with E-state index in [2.05, 4.69) is 10.3 Å². The molecule has 0 aliphatic carbocycles. The number of carbonyl (C=O) groups is 2. The van der Waals surface area contributed by atoms with E-state index in [1.54, 1.807) is 6.92 Å². The van der Waals surface area contributed by atoms with E-state index in [0.717, 1.165) is 6.07 Å². The summed E-state index contributed by atoms with van der Waals surface area (Å²) in [4.78, 5) is 25.5. The molecule has 0 saturated carbocycles. The number of rotatable bonds is 4. The fraction of sp³-hybridized carbons (Fsp3) is 0.300. The average molecular weight is 226 g/mol. The van der Waals surface area contributed by atoms with Crippen molar-refractivity contribution in [2.24, 2.45) is 0 Å². The first kappa shape index (κ1) is 12.1. The fourth-order valence-electron chi connectivity index (χ4n) is 1.11. The number of nitrogens with one attached hydrogen (secondary N) is 1. The van der Waals surface area contributed by atoms with Crippen LogP contribution in [0, 0.1) is 5.95 Å². The minimum atomic E-state index is -1.13. The van der Waals surface area contributed by atoms with Gasteiger partial charge in [-0.05, 0) is 18.6 Å². The molecular formula is C10H11FN2O3. The van der Waals surface area contributed by atoms with Gasteiger partial charge in [-0.2, -0.15) is 4.39 Å². The number of aliphatic carboxylic acids is 1. The molecule has 86 valence electrons. The number of hydrogen-bond donors (Lipinski definition) is 2. The Kier molecular flexibility index (Phi) is 3.93. The summed E-state index contributed by atoms with van der Waals surface area (Å²) >= 11 is 0. The Bertz CT molecular complexity index is 409. The summed E-state index contributed by atoms with van der Waals surface area (Å²) in [6.07, 6.45) is 0.246. The monoisotopic (exact) mass is 226 g/mol. The van der Waals surface area contributed by atoms with E-state index in [0.29, 0.717) is 0 Å². The highest BCUT2D eigenvalue weighted by Crippen LogP contribution is 1.99. The summed E-state index contributed by atoms with van der Waals surface area (Å²) in [7, 11) is 0. The number of carboxylic acids is 1. The number of halogens is 1. The Balaban J connectivity index is 2.75. The van der Waals surface area contributed by atoms with Crippen LogP contribution < -0.4 is 5.32 Å². The van der Waals surface area contributed by atoms with Gasteiger partial charge in [-0.1, -0.05) is 13.0 Å². The third-order valence-corrected chi connectivity index (χ3v) is 1.96. The van der Waals surface area contributed by atoms with Gasteiger partial charge in [0.1, 0.15) is 11.7 Å². The number of carboxylic acid groups (broad SMARTS) is 1. The van der Waals surface area contributed by atoms with E-state index in [1.807, 2.05) is 0 Å². The van der Waals surface area contributed by atoms with Crippen LogP contribution in [-0.4, -0.2) is 28.0 Å². The maximum atomic E-state index is 12.7. The molecule has 6 heteroatoms. The van der Waals surface area contributed by atoms with Gasteiger partial charge in [0, 0.05) is 0 Å². The molecule has 0 fully saturated rings. The molecular weight excluding hydrogens is 215 g/mol. The molecule has 0 unspecified atom stereocenters. The molecule has 0 aliphatic heterocycles. The van der Waals surface area contributed by atoms with Crippen LogP contribution in [0.1, 0.15) is 23.8 Å². The molecule has 0 aromatic carbocycles. The summed E-state index contributed by atoms with van der Waals surface area (Å²) in [5.74, 6) is -2.61. The topological polar surface area (TPSA) is 79.3 Å². The predicted molar refractivity (Wildman–Crippen MR) is 53.4 cm³/mol. The summed E-state index contributed by atoms with van der Waals surface area (Å²) in [6, 6.07) is 2.76. The molecule has 1 amide bonds. The minimum Gasteiger partial charge on any atom is -0.480 e. The predicted octanol–water partition coefficient (Wildman–Crippen LogP) is 0.814. The Labute approximate surface area is 91.3 Å². The van der Waals surface area contributed by atoms with Gasteiger partial charge < -0.3 is 10.4 Å². The van der Waals surface area contributed by atoms with Crippen molar-refractivity contribution in [1.29, 1.82) is 0 Å². The first-order valence-electron chi connectivity index (χ1n) is 4.70. The molecule has 1 rings (SSSR count). The van der Waals surface area contributed by atoms with Crippen molar-refractivity contribution >= 4 is 11.9 Å². The Hall–Kier alpha value is -1.98. The molecule has 0 radical (unpaired) electrons. The zero-order valence-corrected chi connectivity index (χ0v) is 8.61. The van der Waals surface area contributed by atoms with E-state index >= 15 is 0 Å². The lowest BCUT2D eigenvalue weighted by atomic mass is 10.2. The van der Waals surface area contributed by atoms with Crippen LogP contribution in [0.25, 0.3) is 0 Å². The average Bonchev–Trinajstić information content (AvgIpc) is 2.25. The van der Waals surface area contributed by atoms with Gasteiger partial charge in [0.2, 0.25) is 5.95 Å². The molecule has 16 heavy (non-hydrogen) atoms. The molecule has 1 aromatic rings. The highest BCUT2D eigenvalue weighted by molar-refractivity contribution is 5.94. The number of hydrogen-bond acceptors (Lipinski definition) is 3. The first-order chi connectivity index (χ1) is 7.54. The maximum Gasteiger partial charge on any atom is 0.326 e. The second-order valence-electron chi connectivity index (χ2n) is 3.12. The lowest BCUT2D eigenvalue weighted by Gasteiger charge is -2.11. The van der Waals surface area contributed by atoms with Crippen LogP contribution >= 0.6 is 0 Å². The third kappa shape index (κ3) is 3.01. The normalized spacial score (nSPS) is 11.9. The van der Waals surface area contributed by atoms with E-state index in [4.69, 9.17) is 5.11 Å². The number of pyridine rings is 1. The van der Waals surface area contributed by atoms with Crippen molar-refractivity contribution in [2.45, 2.75) is 19.4 Å². The third-order valence-electron chi connectivity index (χ3n) is 1.96. The van der Waals surface area contributed by atoms with Crippen molar-refractivity contribution in [3.63, 3.8) is 0 Å². The number of carbonyl (C=O) groups excluding carboxylic acids is 1. The van der Waals surface area contributed by atoms with Gasteiger partial charge in [-0.25, -0.2) is 9.78 Å². The van der Waals surface area contributed by atoms with E-state index < -0.39 is 23.9 Å². The molecule has 1 heterocycles. The van der Waals surface area contributed by atoms with E-state index in [1.165, 1.54) is 12.1 Å². The lowest BCUT2D eigenvalue weighted by molar-refractivity contribution is -0.139. The smallest absolute Gasteiger partial charge is 0.326 e. The summed E-state index contributed by atoms with van der Waals surface area (Å²) in [5, 5.41) is 11.0. The summed E-state index contributed by atoms with van der Waals surface area (Å²) < 4.78 is 12.7. The van der Waals surface area contributed by atoms with E-state index in [-0.39, 0.29) is 12.1 Å². The Morgan fingerprint density at radius 1 is 1.56 bits per heavy atom. The van der Waals surface area contributed by atoms with Crippen LogP contribution in [0.3, 0.4) is 0 Å². The molecule has 2 N–H and O–H groups in total. The number of nitrogens with zero attached hydrogens (tertiary/aromatic N) is 1. The van der Waals surface area contributed by atoms with Crippen molar-refractivity contribution in [2.75, 3.05) is 0 Å². The molecule has 0 aliphatic rings.